The summed E-state index contributed by atoms with van der Waals surface area (Å²) in [5.41, 5.74) is 8.46. The van der Waals surface area contributed by atoms with Crippen molar-refractivity contribution in [2.75, 3.05) is 13.2 Å². The van der Waals surface area contributed by atoms with Gasteiger partial charge in [-0.15, -0.1) is 0 Å². The maximum Gasteiger partial charge on any atom is 0.122 e. The Balaban J connectivity index is 1.82. The van der Waals surface area contributed by atoms with Crippen LogP contribution in [0, 0.1) is 19.3 Å². The minimum Gasteiger partial charge on any atom is -0.490 e. The van der Waals surface area contributed by atoms with Crippen molar-refractivity contribution < 1.29 is 9.47 Å². The van der Waals surface area contributed by atoms with Crippen molar-refractivity contribution >= 4 is 5.84 Å². The lowest BCUT2D eigenvalue weighted by Crippen LogP contribution is -2.11. The third-order valence-corrected chi connectivity index (χ3v) is 3.33. The lowest BCUT2D eigenvalue weighted by atomic mass is 10.1. The third-order valence-electron chi connectivity index (χ3n) is 3.33. The molecule has 2 aromatic carbocycles. The number of benzene rings is 2. The number of hydrogen-bond acceptors (Lipinski definition) is 3. The summed E-state index contributed by atoms with van der Waals surface area (Å²) in [7, 11) is 0. The average Bonchev–Trinajstić information content (AvgIpc) is 2.48. The Labute approximate surface area is 125 Å². The third kappa shape index (κ3) is 3.99. The molecule has 0 saturated heterocycles. The maximum atomic E-state index is 7.32. The molecule has 0 saturated carbocycles. The zero-order valence-electron chi connectivity index (χ0n) is 12.3. The molecule has 4 heteroatoms. The summed E-state index contributed by atoms with van der Waals surface area (Å²) in [6.45, 7) is 5.06. The van der Waals surface area contributed by atoms with Crippen molar-refractivity contribution in [2.45, 2.75) is 13.8 Å². The molecule has 0 atom stereocenters. The molecule has 0 aliphatic carbocycles. The SMILES string of the molecule is Cc1cccc(OCCOc2ccc(C(=N)N)cc2)c1C. The number of hydrogen-bond donors (Lipinski definition) is 2. The second-order valence-corrected chi connectivity index (χ2v) is 4.83. The van der Waals surface area contributed by atoms with Crippen LogP contribution in [0.25, 0.3) is 0 Å². The minimum absolute atomic E-state index is 0.0554. The molecular formula is C17H20N2O2. The van der Waals surface area contributed by atoms with Gasteiger partial charge >= 0.3 is 0 Å². The zero-order valence-corrected chi connectivity index (χ0v) is 12.3. The van der Waals surface area contributed by atoms with E-state index in [1.807, 2.05) is 19.1 Å². The molecule has 0 amide bonds. The lowest BCUT2D eigenvalue weighted by Gasteiger charge is -2.11. The van der Waals surface area contributed by atoms with Gasteiger partial charge in [-0.2, -0.15) is 0 Å². The second-order valence-electron chi connectivity index (χ2n) is 4.83. The first-order valence-electron chi connectivity index (χ1n) is 6.84. The fourth-order valence-electron chi connectivity index (χ4n) is 1.92. The molecule has 0 heterocycles. The molecule has 21 heavy (non-hydrogen) atoms. The van der Waals surface area contributed by atoms with Crippen LogP contribution in [-0.2, 0) is 0 Å². The Hall–Kier alpha value is -2.49. The van der Waals surface area contributed by atoms with E-state index < -0.39 is 0 Å². The summed E-state index contributed by atoms with van der Waals surface area (Å²) in [4.78, 5) is 0. The Morgan fingerprint density at radius 3 is 2.33 bits per heavy atom. The predicted octanol–water partition coefficient (Wildman–Crippen LogP) is 3.05. The number of ether oxygens (including phenoxy) is 2. The number of nitrogens with two attached hydrogens (primary N) is 1. The van der Waals surface area contributed by atoms with Crippen LogP contribution in [0.2, 0.25) is 0 Å². The van der Waals surface area contributed by atoms with Gasteiger partial charge in [0.1, 0.15) is 30.5 Å². The highest BCUT2D eigenvalue weighted by Gasteiger charge is 2.02. The van der Waals surface area contributed by atoms with Crippen LogP contribution >= 0.6 is 0 Å². The van der Waals surface area contributed by atoms with Crippen LogP contribution in [0.5, 0.6) is 11.5 Å². The van der Waals surface area contributed by atoms with Crippen LogP contribution in [-0.4, -0.2) is 19.0 Å². The topological polar surface area (TPSA) is 68.3 Å². The lowest BCUT2D eigenvalue weighted by molar-refractivity contribution is 0.216. The number of amidine groups is 1. The van der Waals surface area contributed by atoms with Crippen LogP contribution in [0.1, 0.15) is 16.7 Å². The molecule has 0 fully saturated rings. The molecule has 2 rings (SSSR count). The summed E-state index contributed by atoms with van der Waals surface area (Å²) < 4.78 is 11.3. The van der Waals surface area contributed by atoms with Gasteiger partial charge in [0.2, 0.25) is 0 Å². The van der Waals surface area contributed by atoms with Crippen molar-refractivity contribution in [3.8, 4) is 11.5 Å². The molecule has 3 N–H and O–H groups in total. The van der Waals surface area contributed by atoms with E-state index in [1.54, 1.807) is 24.3 Å². The van der Waals surface area contributed by atoms with Crippen molar-refractivity contribution in [3.63, 3.8) is 0 Å². The van der Waals surface area contributed by atoms with Gasteiger partial charge in [0.15, 0.2) is 0 Å². The van der Waals surface area contributed by atoms with Crippen LogP contribution in [0.4, 0.5) is 0 Å². The maximum absolute atomic E-state index is 7.32. The van der Waals surface area contributed by atoms with Crippen molar-refractivity contribution in [1.29, 1.82) is 5.41 Å². The molecule has 0 spiro atoms. The van der Waals surface area contributed by atoms with E-state index in [9.17, 15) is 0 Å². The Kier molecular flexibility index (Phi) is 4.82. The molecule has 0 radical (unpaired) electrons. The van der Waals surface area contributed by atoms with E-state index in [-0.39, 0.29) is 5.84 Å². The molecular weight excluding hydrogens is 264 g/mol. The van der Waals surface area contributed by atoms with Crippen molar-refractivity contribution in [2.24, 2.45) is 5.73 Å². The first kappa shape index (κ1) is 14.9. The Morgan fingerprint density at radius 1 is 1.00 bits per heavy atom. The van der Waals surface area contributed by atoms with Crippen molar-refractivity contribution in [3.05, 3.63) is 59.2 Å². The normalized spacial score (nSPS) is 10.2. The molecule has 0 aromatic heterocycles. The molecule has 0 aliphatic heterocycles. The molecule has 0 unspecified atom stereocenters. The smallest absolute Gasteiger partial charge is 0.122 e. The Bertz CT molecular complexity index is 621. The summed E-state index contributed by atoms with van der Waals surface area (Å²) in [5.74, 6) is 1.69. The first-order chi connectivity index (χ1) is 10.1. The standard InChI is InChI=1S/C17H20N2O2/c1-12-4-3-5-16(13(12)2)21-11-10-20-15-8-6-14(7-9-15)17(18)19/h3-9H,10-11H2,1-2H3,(H3,18,19). The predicted molar refractivity (Wildman–Crippen MR) is 84.4 cm³/mol. The van der Waals surface area contributed by atoms with Crippen molar-refractivity contribution in [1.82, 2.24) is 0 Å². The van der Waals surface area contributed by atoms with E-state index in [0.29, 0.717) is 18.8 Å². The van der Waals surface area contributed by atoms with Gasteiger partial charge in [0.05, 0.1) is 0 Å². The largest absolute Gasteiger partial charge is 0.490 e. The first-order valence-corrected chi connectivity index (χ1v) is 6.84. The summed E-state index contributed by atoms with van der Waals surface area (Å²) in [5, 5.41) is 7.32. The van der Waals surface area contributed by atoms with Crippen LogP contribution < -0.4 is 15.2 Å². The van der Waals surface area contributed by atoms with Gasteiger partial charge in [0, 0.05) is 5.56 Å². The van der Waals surface area contributed by atoms with Gasteiger partial charge in [-0.3, -0.25) is 5.41 Å². The number of aryl methyl sites for hydroxylation is 1. The zero-order chi connectivity index (χ0) is 15.2. The highest BCUT2D eigenvalue weighted by atomic mass is 16.5. The molecule has 0 aliphatic rings. The minimum atomic E-state index is 0.0554. The quantitative estimate of drug-likeness (QED) is 0.486. The van der Waals surface area contributed by atoms with E-state index in [2.05, 4.69) is 13.0 Å². The van der Waals surface area contributed by atoms with Gasteiger partial charge in [0.25, 0.3) is 0 Å². The molecule has 0 bridgehead atoms. The van der Waals surface area contributed by atoms with Gasteiger partial charge in [-0.25, -0.2) is 0 Å². The highest BCUT2D eigenvalue weighted by Crippen LogP contribution is 2.20. The van der Waals surface area contributed by atoms with Gasteiger partial charge < -0.3 is 15.2 Å². The number of nitrogens with one attached hydrogen (secondary N) is 1. The highest BCUT2D eigenvalue weighted by molar-refractivity contribution is 5.94. The summed E-state index contributed by atoms with van der Waals surface area (Å²) >= 11 is 0. The van der Waals surface area contributed by atoms with Crippen LogP contribution in [0.15, 0.2) is 42.5 Å². The van der Waals surface area contributed by atoms with E-state index in [0.717, 1.165) is 17.1 Å². The molecule has 2 aromatic rings. The monoisotopic (exact) mass is 284 g/mol. The number of nitrogen functional groups attached to an aromatic ring is 1. The summed E-state index contributed by atoms with van der Waals surface area (Å²) in [6.07, 6.45) is 0. The summed E-state index contributed by atoms with van der Waals surface area (Å²) in [6, 6.07) is 13.1. The fourth-order valence-corrected chi connectivity index (χ4v) is 1.92. The number of rotatable bonds is 6. The molecule has 110 valence electrons. The fraction of sp³-hybridized carbons (Fsp3) is 0.235. The van der Waals surface area contributed by atoms with E-state index in [4.69, 9.17) is 20.6 Å². The second kappa shape index (κ2) is 6.79. The van der Waals surface area contributed by atoms with Crippen LogP contribution in [0.3, 0.4) is 0 Å². The van der Waals surface area contributed by atoms with Gasteiger partial charge in [-0.1, -0.05) is 12.1 Å². The van der Waals surface area contributed by atoms with Gasteiger partial charge in [-0.05, 0) is 55.3 Å². The molecule has 4 nitrogen and oxygen atoms in total. The van der Waals surface area contributed by atoms with E-state index in [1.165, 1.54) is 5.56 Å². The van der Waals surface area contributed by atoms with E-state index >= 15 is 0 Å². The Morgan fingerprint density at radius 2 is 1.67 bits per heavy atom. The average molecular weight is 284 g/mol.